The van der Waals surface area contributed by atoms with Gasteiger partial charge in [0.15, 0.2) is 5.11 Å². The summed E-state index contributed by atoms with van der Waals surface area (Å²) < 4.78 is 5.29. The lowest BCUT2D eigenvalue weighted by atomic mass is 9.78. The van der Waals surface area contributed by atoms with E-state index >= 15 is 0 Å². The van der Waals surface area contributed by atoms with Crippen molar-refractivity contribution in [2.75, 3.05) is 38.6 Å². The fraction of sp³-hybridized carbons (Fsp3) is 0.480. The number of anilines is 1. The van der Waals surface area contributed by atoms with Crippen molar-refractivity contribution in [2.45, 2.75) is 38.6 Å². The fourth-order valence-electron chi connectivity index (χ4n) is 4.91. The fourth-order valence-corrected chi connectivity index (χ4v) is 5.97. The van der Waals surface area contributed by atoms with Gasteiger partial charge in [0, 0.05) is 56.2 Å². The number of methoxy groups -OCH3 is 1. The Labute approximate surface area is 210 Å². The first kappa shape index (κ1) is 24.5. The van der Waals surface area contributed by atoms with Crippen molar-refractivity contribution >= 4 is 46.2 Å². The molecular formula is C25H32N4O3S2. The van der Waals surface area contributed by atoms with Crippen LogP contribution < -0.4 is 15.4 Å². The molecule has 0 aliphatic carbocycles. The van der Waals surface area contributed by atoms with Crippen LogP contribution in [-0.2, 0) is 16.0 Å². The standard InChI is InChI=1S/C25H32N4O3S2/c1-18(30)26-22(16-21-7-4-14-34-21)23(31)29-13-10-25(17-29)8-11-28(12-9-25)24(33)27-19-5-3-6-20(15-19)32-2/h3-7,14-15,22H,8-13,16-17H2,1-2H3,(H,26,30)(H,27,33). The molecule has 7 nitrogen and oxygen atoms in total. The van der Waals surface area contributed by atoms with Crippen molar-refractivity contribution in [3.05, 3.63) is 46.7 Å². The van der Waals surface area contributed by atoms with Crippen LogP contribution in [-0.4, -0.2) is 66.1 Å². The van der Waals surface area contributed by atoms with Gasteiger partial charge in [-0.25, -0.2) is 0 Å². The number of nitrogens with one attached hydrogen (secondary N) is 2. The molecule has 1 aromatic carbocycles. The van der Waals surface area contributed by atoms with E-state index in [-0.39, 0.29) is 17.2 Å². The van der Waals surface area contributed by atoms with Gasteiger partial charge in [0.05, 0.1) is 7.11 Å². The van der Waals surface area contributed by atoms with Crippen LogP contribution >= 0.6 is 23.6 Å². The molecular weight excluding hydrogens is 468 g/mol. The van der Waals surface area contributed by atoms with Gasteiger partial charge in [0.25, 0.3) is 0 Å². The highest BCUT2D eigenvalue weighted by molar-refractivity contribution is 7.80. The summed E-state index contributed by atoms with van der Waals surface area (Å²) in [4.78, 5) is 30.3. The minimum atomic E-state index is -0.508. The number of hydrogen-bond acceptors (Lipinski definition) is 5. The quantitative estimate of drug-likeness (QED) is 0.592. The number of carbonyl (C=O) groups excluding carboxylic acids is 2. The molecule has 9 heteroatoms. The largest absolute Gasteiger partial charge is 0.497 e. The second-order valence-electron chi connectivity index (χ2n) is 9.20. The number of ether oxygens (including phenoxy) is 1. The van der Waals surface area contributed by atoms with Crippen LogP contribution in [0, 0.1) is 5.41 Å². The molecule has 2 N–H and O–H groups in total. The van der Waals surface area contributed by atoms with E-state index in [0.717, 1.165) is 66.9 Å². The van der Waals surface area contributed by atoms with Crippen LogP contribution in [0.25, 0.3) is 0 Å². The Bertz CT molecular complexity index is 1020. The van der Waals surface area contributed by atoms with Crippen LogP contribution in [0.15, 0.2) is 41.8 Å². The molecule has 182 valence electrons. The van der Waals surface area contributed by atoms with Gasteiger partial charge < -0.3 is 25.2 Å². The molecule has 1 atom stereocenters. The topological polar surface area (TPSA) is 73.9 Å². The van der Waals surface area contributed by atoms with Crippen molar-refractivity contribution in [2.24, 2.45) is 5.41 Å². The number of likely N-dealkylation sites (tertiary alicyclic amines) is 2. The van der Waals surface area contributed by atoms with Gasteiger partial charge in [-0.2, -0.15) is 0 Å². The Morgan fingerprint density at radius 3 is 2.53 bits per heavy atom. The van der Waals surface area contributed by atoms with E-state index in [0.29, 0.717) is 6.42 Å². The minimum absolute atomic E-state index is 0.0260. The average molecular weight is 501 g/mol. The molecule has 0 saturated carbocycles. The number of amides is 2. The zero-order valence-corrected chi connectivity index (χ0v) is 21.3. The van der Waals surface area contributed by atoms with Crippen molar-refractivity contribution in [1.29, 1.82) is 0 Å². The second kappa shape index (κ2) is 10.7. The van der Waals surface area contributed by atoms with Crippen molar-refractivity contribution in [3.8, 4) is 5.75 Å². The first-order valence-electron chi connectivity index (χ1n) is 11.7. The van der Waals surface area contributed by atoms with Gasteiger partial charge in [-0.1, -0.05) is 12.1 Å². The number of piperidine rings is 1. The predicted molar refractivity (Wildman–Crippen MR) is 139 cm³/mol. The van der Waals surface area contributed by atoms with E-state index in [1.807, 2.05) is 46.7 Å². The zero-order chi connectivity index (χ0) is 24.1. The molecule has 2 fully saturated rings. The Morgan fingerprint density at radius 1 is 1.15 bits per heavy atom. The van der Waals surface area contributed by atoms with E-state index in [1.54, 1.807) is 18.4 Å². The number of rotatable bonds is 6. The van der Waals surface area contributed by atoms with Crippen LogP contribution in [0.5, 0.6) is 5.75 Å². The number of nitrogens with zero attached hydrogens (tertiary/aromatic N) is 2. The molecule has 0 bridgehead atoms. The molecule has 1 spiro atoms. The summed E-state index contributed by atoms with van der Waals surface area (Å²) in [5.74, 6) is 0.644. The monoisotopic (exact) mass is 500 g/mol. The van der Waals surface area contributed by atoms with Crippen molar-refractivity contribution < 1.29 is 14.3 Å². The first-order valence-corrected chi connectivity index (χ1v) is 12.9. The third-order valence-electron chi connectivity index (χ3n) is 6.84. The Balaban J connectivity index is 1.32. The van der Waals surface area contributed by atoms with E-state index in [2.05, 4.69) is 15.5 Å². The molecule has 2 aliphatic rings. The lowest BCUT2D eigenvalue weighted by molar-refractivity contribution is -0.135. The molecule has 2 amide bonds. The van der Waals surface area contributed by atoms with Gasteiger partial charge in [0.2, 0.25) is 11.8 Å². The Hall–Kier alpha value is -2.65. The summed E-state index contributed by atoms with van der Waals surface area (Å²) in [5, 5.41) is 8.91. The molecule has 2 aromatic rings. The lowest BCUT2D eigenvalue weighted by Gasteiger charge is -2.40. The number of benzene rings is 1. The summed E-state index contributed by atoms with van der Waals surface area (Å²) in [6, 6.07) is 11.2. The summed E-state index contributed by atoms with van der Waals surface area (Å²) in [5.41, 5.74) is 1.04. The maximum absolute atomic E-state index is 13.3. The number of hydrogen-bond donors (Lipinski definition) is 2. The van der Waals surface area contributed by atoms with Crippen molar-refractivity contribution in [1.82, 2.24) is 15.1 Å². The van der Waals surface area contributed by atoms with Gasteiger partial charge in [-0.15, -0.1) is 11.3 Å². The highest BCUT2D eigenvalue weighted by atomic mass is 32.1. The van der Waals surface area contributed by atoms with Crippen LogP contribution in [0.1, 0.15) is 31.1 Å². The average Bonchev–Trinajstić information content (AvgIpc) is 3.49. The summed E-state index contributed by atoms with van der Waals surface area (Å²) in [6.45, 7) is 4.69. The van der Waals surface area contributed by atoms with Gasteiger partial charge in [-0.05, 0) is 60.5 Å². The Kier molecular flexibility index (Phi) is 7.73. The molecule has 0 radical (unpaired) electrons. The molecule has 1 aromatic heterocycles. The number of thiophene rings is 1. The summed E-state index contributed by atoms with van der Waals surface area (Å²) >= 11 is 7.28. The summed E-state index contributed by atoms with van der Waals surface area (Å²) in [6.07, 6.45) is 3.52. The van der Waals surface area contributed by atoms with Gasteiger partial charge in [-0.3, -0.25) is 9.59 Å². The molecule has 2 aliphatic heterocycles. The zero-order valence-electron chi connectivity index (χ0n) is 19.7. The van der Waals surface area contributed by atoms with Crippen molar-refractivity contribution in [3.63, 3.8) is 0 Å². The van der Waals surface area contributed by atoms with Crippen LogP contribution in [0.2, 0.25) is 0 Å². The highest BCUT2D eigenvalue weighted by Gasteiger charge is 2.43. The second-order valence-corrected chi connectivity index (χ2v) is 10.6. The van der Waals surface area contributed by atoms with Gasteiger partial charge in [0.1, 0.15) is 11.8 Å². The third kappa shape index (κ3) is 5.88. The molecule has 1 unspecified atom stereocenters. The SMILES string of the molecule is COc1cccc(NC(=S)N2CCC3(CCN(C(=O)C(Cc4cccs4)NC(C)=O)C3)CC2)c1. The van der Waals surface area contributed by atoms with Crippen LogP contribution in [0.4, 0.5) is 5.69 Å². The lowest BCUT2D eigenvalue weighted by Crippen LogP contribution is -2.50. The summed E-state index contributed by atoms with van der Waals surface area (Å²) in [7, 11) is 1.65. The predicted octanol–water partition coefficient (Wildman–Crippen LogP) is 3.52. The molecule has 4 rings (SSSR count). The van der Waals surface area contributed by atoms with Crippen LogP contribution in [0.3, 0.4) is 0 Å². The van der Waals surface area contributed by atoms with E-state index in [4.69, 9.17) is 17.0 Å². The number of carbonyl (C=O) groups is 2. The number of thiocarbonyl (C=S) groups is 1. The Morgan fingerprint density at radius 2 is 1.88 bits per heavy atom. The maximum atomic E-state index is 13.3. The molecule has 2 saturated heterocycles. The highest BCUT2D eigenvalue weighted by Crippen LogP contribution is 2.40. The smallest absolute Gasteiger partial charge is 0.245 e. The first-order chi connectivity index (χ1) is 16.4. The van der Waals surface area contributed by atoms with E-state index in [1.165, 1.54) is 6.92 Å². The van der Waals surface area contributed by atoms with Gasteiger partial charge >= 0.3 is 0 Å². The van der Waals surface area contributed by atoms with E-state index < -0.39 is 6.04 Å². The van der Waals surface area contributed by atoms with E-state index in [9.17, 15) is 9.59 Å². The minimum Gasteiger partial charge on any atom is -0.497 e. The normalized spacial score (nSPS) is 17.9. The third-order valence-corrected chi connectivity index (χ3v) is 8.10. The molecule has 3 heterocycles. The molecule has 34 heavy (non-hydrogen) atoms. The maximum Gasteiger partial charge on any atom is 0.245 e.